The minimum atomic E-state index is -0.206. The number of urea groups is 1. The van der Waals surface area contributed by atoms with Crippen LogP contribution in [-0.2, 0) is 13.0 Å². The number of benzene rings is 2. The van der Waals surface area contributed by atoms with Crippen LogP contribution < -0.4 is 25.0 Å². The van der Waals surface area contributed by atoms with Crippen molar-refractivity contribution in [2.24, 2.45) is 0 Å². The van der Waals surface area contributed by atoms with Crippen molar-refractivity contribution in [3.05, 3.63) is 58.9 Å². The maximum Gasteiger partial charge on any atom is 0.315 e. The van der Waals surface area contributed by atoms with Gasteiger partial charge in [-0.25, -0.2) is 9.18 Å². The molecule has 1 aliphatic rings. The van der Waals surface area contributed by atoms with Gasteiger partial charge in [0.25, 0.3) is 0 Å². The molecule has 30 heavy (non-hydrogen) atoms. The molecule has 2 aromatic rings. The monoisotopic (exact) mass is 416 g/mol. The Morgan fingerprint density at radius 2 is 1.93 bits per heavy atom. The molecule has 0 fully saturated rings. The molecule has 2 amide bonds. The van der Waals surface area contributed by atoms with E-state index in [2.05, 4.69) is 10.6 Å². The first-order valence-corrected chi connectivity index (χ1v) is 10.4. The van der Waals surface area contributed by atoms with Gasteiger partial charge < -0.3 is 25.0 Å². The van der Waals surface area contributed by atoms with Gasteiger partial charge in [-0.05, 0) is 37.6 Å². The Morgan fingerprint density at radius 3 is 2.60 bits per heavy atom. The predicted molar refractivity (Wildman–Crippen MR) is 114 cm³/mol. The fraction of sp³-hybridized carbons (Fsp3) is 0.435. The molecular formula is C23H31FN3O3+. The van der Waals surface area contributed by atoms with Gasteiger partial charge in [0.2, 0.25) is 0 Å². The smallest absolute Gasteiger partial charge is 0.315 e. The van der Waals surface area contributed by atoms with Crippen LogP contribution in [0.5, 0.6) is 11.5 Å². The largest absolute Gasteiger partial charge is 0.493 e. The molecule has 1 aliphatic heterocycles. The lowest BCUT2D eigenvalue weighted by molar-refractivity contribution is -0.948. The van der Waals surface area contributed by atoms with Gasteiger partial charge in [0.15, 0.2) is 11.5 Å². The fourth-order valence-electron chi connectivity index (χ4n) is 4.32. The Hall–Kier alpha value is -2.80. The van der Waals surface area contributed by atoms with E-state index >= 15 is 0 Å². The summed E-state index contributed by atoms with van der Waals surface area (Å²) in [5.41, 5.74) is 2.93. The normalized spacial score (nSPS) is 18.8. The standard InChI is InChI=1S/C23H30FN3O3/c1-5-25-23(28)26-15(2)22-18-13-21(30-4)20(29-3)12-16(18)10-11-27(22)14-17-8-6-7-9-19(17)24/h6-9,12-13,15,22H,5,10-11,14H2,1-4H3,(H2,25,26,28)/p+1/t15-,22-/m0/s1. The molecule has 0 spiro atoms. The van der Waals surface area contributed by atoms with Crippen LogP contribution in [0.15, 0.2) is 36.4 Å². The van der Waals surface area contributed by atoms with Gasteiger partial charge in [-0.1, -0.05) is 18.2 Å². The minimum Gasteiger partial charge on any atom is -0.493 e. The van der Waals surface area contributed by atoms with E-state index in [-0.39, 0.29) is 23.9 Å². The molecule has 0 bridgehead atoms. The third kappa shape index (κ3) is 4.67. The van der Waals surface area contributed by atoms with Crippen molar-refractivity contribution in [2.45, 2.75) is 38.9 Å². The van der Waals surface area contributed by atoms with Crippen molar-refractivity contribution < 1.29 is 23.6 Å². The van der Waals surface area contributed by atoms with Crippen LogP contribution >= 0.6 is 0 Å². The Labute approximate surface area is 177 Å². The van der Waals surface area contributed by atoms with Gasteiger partial charge in [-0.2, -0.15) is 0 Å². The van der Waals surface area contributed by atoms with E-state index in [1.807, 2.05) is 38.1 Å². The second-order valence-corrected chi connectivity index (χ2v) is 7.60. The molecule has 2 aromatic carbocycles. The van der Waals surface area contributed by atoms with Gasteiger partial charge in [0, 0.05) is 24.1 Å². The van der Waals surface area contributed by atoms with Crippen molar-refractivity contribution in [3.63, 3.8) is 0 Å². The second-order valence-electron chi connectivity index (χ2n) is 7.60. The van der Waals surface area contributed by atoms with Gasteiger partial charge in [-0.15, -0.1) is 0 Å². The molecule has 3 rings (SSSR count). The minimum absolute atomic E-state index is 0.0595. The highest BCUT2D eigenvalue weighted by Crippen LogP contribution is 2.35. The first-order valence-electron chi connectivity index (χ1n) is 10.4. The molecule has 3 atom stereocenters. The number of hydrogen-bond donors (Lipinski definition) is 3. The number of rotatable bonds is 7. The Kier molecular flexibility index (Phi) is 7.15. The van der Waals surface area contributed by atoms with E-state index < -0.39 is 0 Å². The number of hydrogen-bond acceptors (Lipinski definition) is 3. The number of carbonyl (C=O) groups is 1. The number of ether oxygens (including phenoxy) is 2. The second kappa shape index (κ2) is 9.80. The highest BCUT2D eigenvalue weighted by Gasteiger charge is 2.37. The summed E-state index contributed by atoms with van der Waals surface area (Å²) >= 11 is 0. The van der Waals surface area contributed by atoms with Crippen molar-refractivity contribution in [2.75, 3.05) is 27.3 Å². The summed E-state index contributed by atoms with van der Waals surface area (Å²) in [6, 6.07) is 10.4. The van der Waals surface area contributed by atoms with Gasteiger partial charge in [0.1, 0.15) is 18.4 Å². The molecule has 6 nitrogen and oxygen atoms in total. The van der Waals surface area contributed by atoms with Crippen LogP contribution in [0, 0.1) is 5.82 Å². The molecule has 162 valence electrons. The number of carbonyl (C=O) groups excluding carboxylic acids is 1. The number of quaternary nitrogens is 1. The summed E-state index contributed by atoms with van der Waals surface area (Å²) in [4.78, 5) is 13.4. The van der Waals surface area contributed by atoms with Crippen molar-refractivity contribution in [1.82, 2.24) is 10.6 Å². The quantitative estimate of drug-likeness (QED) is 0.649. The Balaban J connectivity index is 1.99. The summed E-state index contributed by atoms with van der Waals surface area (Å²) in [7, 11) is 3.24. The van der Waals surface area contributed by atoms with Crippen LogP contribution in [0.4, 0.5) is 9.18 Å². The molecular weight excluding hydrogens is 385 g/mol. The molecule has 1 unspecified atom stereocenters. The third-order valence-electron chi connectivity index (χ3n) is 5.71. The zero-order valence-corrected chi connectivity index (χ0v) is 18.0. The summed E-state index contributed by atoms with van der Waals surface area (Å²) in [5.74, 6) is 1.14. The third-order valence-corrected chi connectivity index (χ3v) is 5.71. The van der Waals surface area contributed by atoms with E-state index in [0.717, 1.165) is 18.5 Å². The lowest BCUT2D eigenvalue weighted by Crippen LogP contribution is -3.13. The summed E-state index contributed by atoms with van der Waals surface area (Å²) in [6.07, 6.45) is 0.837. The van der Waals surface area contributed by atoms with E-state index in [1.54, 1.807) is 20.3 Å². The van der Waals surface area contributed by atoms with E-state index in [0.29, 0.717) is 30.2 Å². The average Bonchev–Trinajstić information content (AvgIpc) is 2.74. The summed E-state index contributed by atoms with van der Waals surface area (Å²) in [6.45, 7) is 5.78. The van der Waals surface area contributed by atoms with Gasteiger partial charge in [-0.3, -0.25) is 0 Å². The molecule has 0 aliphatic carbocycles. The van der Waals surface area contributed by atoms with E-state index in [1.165, 1.54) is 16.5 Å². The molecule has 0 saturated heterocycles. The van der Waals surface area contributed by atoms with Crippen LogP contribution in [0.1, 0.15) is 36.6 Å². The van der Waals surface area contributed by atoms with Crippen LogP contribution in [-0.4, -0.2) is 39.4 Å². The first kappa shape index (κ1) is 21.9. The zero-order valence-electron chi connectivity index (χ0n) is 18.0. The van der Waals surface area contributed by atoms with Gasteiger partial charge >= 0.3 is 6.03 Å². The van der Waals surface area contributed by atoms with Crippen LogP contribution in [0.25, 0.3) is 0 Å². The molecule has 3 N–H and O–H groups in total. The lowest BCUT2D eigenvalue weighted by Gasteiger charge is -2.38. The number of halogens is 1. The zero-order chi connectivity index (χ0) is 21.7. The summed E-state index contributed by atoms with van der Waals surface area (Å²) in [5, 5.41) is 5.84. The Morgan fingerprint density at radius 1 is 1.23 bits per heavy atom. The number of methoxy groups -OCH3 is 2. The highest BCUT2D eigenvalue weighted by atomic mass is 19.1. The highest BCUT2D eigenvalue weighted by molar-refractivity contribution is 5.74. The number of nitrogens with one attached hydrogen (secondary N) is 3. The number of fused-ring (bicyclic) bond motifs is 1. The van der Waals surface area contributed by atoms with Crippen molar-refractivity contribution in [1.29, 1.82) is 0 Å². The molecule has 0 saturated carbocycles. The molecule has 7 heteroatoms. The van der Waals surface area contributed by atoms with Gasteiger partial charge in [0.05, 0.1) is 26.8 Å². The van der Waals surface area contributed by atoms with Crippen LogP contribution in [0.3, 0.4) is 0 Å². The fourth-order valence-corrected chi connectivity index (χ4v) is 4.32. The maximum atomic E-state index is 14.4. The average molecular weight is 417 g/mol. The first-order chi connectivity index (χ1) is 14.5. The summed E-state index contributed by atoms with van der Waals surface area (Å²) < 4.78 is 25.4. The predicted octanol–water partition coefficient (Wildman–Crippen LogP) is 2.23. The van der Waals surface area contributed by atoms with Crippen molar-refractivity contribution >= 4 is 6.03 Å². The van der Waals surface area contributed by atoms with E-state index in [9.17, 15) is 9.18 Å². The number of amides is 2. The van der Waals surface area contributed by atoms with E-state index in [4.69, 9.17) is 9.47 Å². The molecule has 0 radical (unpaired) electrons. The van der Waals surface area contributed by atoms with Crippen molar-refractivity contribution in [3.8, 4) is 11.5 Å². The Bertz CT molecular complexity index is 890. The molecule has 0 aromatic heterocycles. The lowest BCUT2D eigenvalue weighted by atomic mass is 9.87. The SMILES string of the molecule is CCNC(=O)N[C@@H](C)[C@H]1c2cc(OC)c(OC)cc2CC[NH+]1Cc1ccccc1F. The topological polar surface area (TPSA) is 64.0 Å². The maximum absolute atomic E-state index is 14.4. The van der Waals surface area contributed by atoms with Crippen LogP contribution in [0.2, 0.25) is 0 Å². The molecule has 1 heterocycles.